The Hall–Kier alpha value is -1.30. The number of hydrogen-bond donors (Lipinski definition) is 3. The summed E-state index contributed by atoms with van der Waals surface area (Å²) in [5.74, 6) is -0.595. The Morgan fingerprint density at radius 2 is 2.17 bits per heavy atom. The number of carbonyl (C=O) groups excluding carboxylic acids is 1. The van der Waals surface area contributed by atoms with Crippen LogP contribution >= 0.6 is 0 Å². The monoisotopic (exact) mass is 257 g/mol. The Morgan fingerprint density at radius 1 is 1.39 bits per heavy atom. The van der Waals surface area contributed by atoms with Gasteiger partial charge in [0.05, 0.1) is 0 Å². The summed E-state index contributed by atoms with van der Waals surface area (Å²) in [4.78, 5) is 24.1. The lowest BCUT2D eigenvalue weighted by Gasteiger charge is -2.21. The van der Waals surface area contributed by atoms with Crippen LogP contribution in [0.3, 0.4) is 0 Å². The highest BCUT2D eigenvalue weighted by molar-refractivity contribution is 5.74. The van der Waals surface area contributed by atoms with Crippen molar-refractivity contribution in [3.8, 4) is 0 Å². The number of carbonyl (C=O) groups is 2. The lowest BCUT2D eigenvalue weighted by molar-refractivity contribution is -0.137. The molecule has 0 bridgehead atoms. The maximum atomic E-state index is 11.9. The van der Waals surface area contributed by atoms with Gasteiger partial charge < -0.3 is 20.6 Å². The SMILES string of the molecule is CC(CCC(=O)O)CNC(=O)N1CCCNCC1. The average molecular weight is 257 g/mol. The van der Waals surface area contributed by atoms with Gasteiger partial charge in [0.25, 0.3) is 0 Å². The predicted molar refractivity (Wildman–Crippen MR) is 68.5 cm³/mol. The van der Waals surface area contributed by atoms with Gasteiger partial charge in [0.2, 0.25) is 0 Å². The largest absolute Gasteiger partial charge is 0.481 e. The number of nitrogens with one attached hydrogen (secondary N) is 2. The number of aliphatic carboxylic acids is 1. The summed E-state index contributed by atoms with van der Waals surface area (Å²) in [5.41, 5.74) is 0. The minimum absolute atomic E-state index is 0.0409. The third-order valence-corrected chi connectivity index (χ3v) is 3.08. The van der Waals surface area contributed by atoms with Crippen molar-refractivity contribution < 1.29 is 14.7 Å². The van der Waals surface area contributed by atoms with Crippen LogP contribution in [0, 0.1) is 5.92 Å². The second kappa shape index (κ2) is 7.92. The molecule has 1 heterocycles. The summed E-state index contributed by atoms with van der Waals surface area (Å²) in [6, 6.07) is -0.0409. The zero-order valence-corrected chi connectivity index (χ0v) is 10.9. The van der Waals surface area contributed by atoms with Crippen molar-refractivity contribution in [1.29, 1.82) is 0 Å². The number of nitrogens with zero attached hydrogens (tertiary/aromatic N) is 1. The van der Waals surface area contributed by atoms with Crippen LogP contribution in [0.4, 0.5) is 4.79 Å². The highest BCUT2D eigenvalue weighted by Crippen LogP contribution is 2.04. The zero-order chi connectivity index (χ0) is 13.4. The van der Waals surface area contributed by atoms with Crippen molar-refractivity contribution >= 4 is 12.0 Å². The van der Waals surface area contributed by atoms with E-state index < -0.39 is 5.97 Å². The molecule has 0 radical (unpaired) electrons. The van der Waals surface area contributed by atoms with E-state index in [0.717, 1.165) is 32.6 Å². The molecule has 2 amide bonds. The van der Waals surface area contributed by atoms with E-state index in [9.17, 15) is 9.59 Å². The molecule has 0 saturated carbocycles. The fourth-order valence-electron chi connectivity index (χ4n) is 1.89. The highest BCUT2D eigenvalue weighted by atomic mass is 16.4. The van der Waals surface area contributed by atoms with Crippen LogP contribution in [0.25, 0.3) is 0 Å². The molecule has 3 N–H and O–H groups in total. The summed E-state index contributed by atoms with van der Waals surface area (Å²) in [6.07, 6.45) is 1.73. The first-order chi connectivity index (χ1) is 8.59. The Kier molecular flexibility index (Phi) is 6.49. The van der Waals surface area contributed by atoms with E-state index in [2.05, 4.69) is 10.6 Å². The van der Waals surface area contributed by atoms with Crippen LogP contribution in [0.2, 0.25) is 0 Å². The zero-order valence-electron chi connectivity index (χ0n) is 10.9. The molecule has 1 fully saturated rings. The van der Waals surface area contributed by atoms with Gasteiger partial charge in [0, 0.05) is 32.6 Å². The first-order valence-corrected chi connectivity index (χ1v) is 6.55. The molecule has 0 aromatic carbocycles. The first-order valence-electron chi connectivity index (χ1n) is 6.55. The van der Waals surface area contributed by atoms with E-state index >= 15 is 0 Å². The van der Waals surface area contributed by atoms with Crippen molar-refractivity contribution in [2.24, 2.45) is 5.92 Å². The minimum Gasteiger partial charge on any atom is -0.481 e. The molecule has 104 valence electrons. The molecule has 1 rings (SSSR count). The van der Waals surface area contributed by atoms with Gasteiger partial charge in [-0.3, -0.25) is 4.79 Å². The molecule has 1 atom stereocenters. The fraction of sp³-hybridized carbons (Fsp3) is 0.833. The molecule has 0 aromatic heterocycles. The highest BCUT2D eigenvalue weighted by Gasteiger charge is 2.15. The summed E-state index contributed by atoms with van der Waals surface area (Å²) in [7, 11) is 0. The first kappa shape index (κ1) is 14.8. The van der Waals surface area contributed by atoms with E-state index in [4.69, 9.17) is 5.11 Å². The summed E-state index contributed by atoms with van der Waals surface area (Å²) >= 11 is 0. The lowest BCUT2D eigenvalue weighted by atomic mass is 10.1. The van der Waals surface area contributed by atoms with Gasteiger partial charge in [-0.25, -0.2) is 4.79 Å². The van der Waals surface area contributed by atoms with Crippen LogP contribution in [0.5, 0.6) is 0 Å². The molecule has 1 aliphatic heterocycles. The number of hydrogen-bond acceptors (Lipinski definition) is 3. The van der Waals surface area contributed by atoms with E-state index in [1.807, 2.05) is 11.8 Å². The summed E-state index contributed by atoms with van der Waals surface area (Å²) in [5, 5.41) is 14.7. The third-order valence-electron chi connectivity index (χ3n) is 3.08. The second-order valence-electron chi connectivity index (χ2n) is 4.81. The molecule has 6 heteroatoms. The maximum absolute atomic E-state index is 11.9. The molecule has 18 heavy (non-hydrogen) atoms. The van der Waals surface area contributed by atoms with Crippen molar-refractivity contribution in [2.45, 2.75) is 26.2 Å². The molecule has 0 spiro atoms. The van der Waals surface area contributed by atoms with Crippen molar-refractivity contribution in [3.05, 3.63) is 0 Å². The Labute approximate surface area is 108 Å². The molecule has 1 aliphatic rings. The Morgan fingerprint density at radius 3 is 2.89 bits per heavy atom. The van der Waals surface area contributed by atoms with Crippen LogP contribution in [-0.2, 0) is 4.79 Å². The lowest BCUT2D eigenvalue weighted by Crippen LogP contribution is -2.43. The van der Waals surface area contributed by atoms with Crippen LogP contribution in [0.15, 0.2) is 0 Å². The number of rotatable bonds is 5. The van der Waals surface area contributed by atoms with E-state index in [-0.39, 0.29) is 18.4 Å². The Bertz CT molecular complexity index is 276. The van der Waals surface area contributed by atoms with Crippen molar-refractivity contribution in [1.82, 2.24) is 15.5 Å². The molecular formula is C12H23N3O3. The van der Waals surface area contributed by atoms with Crippen LogP contribution in [-0.4, -0.2) is 54.7 Å². The number of carboxylic acids is 1. The molecule has 6 nitrogen and oxygen atoms in total. The van der Waals surface area contributed by atoms with E-state index in [1.54, 1.807) is 0 Å². The summed E-state index contributed by atoms with van der Waals surface area (Å²) < 4.78 is 0. The van der Waals surface area contributed by atoms with Crippen molar-refractivity contribution in [2.75, 3.05) is 32.7 Å². The Balaban J connectivity index is 2.20. The van der Waals surface area contributed by atoms with Crippen LogP contribution < -0.4 is 10.6 Å². The van der Waals surface area contributed by atoms with Gasteiger partial charge >= 0.3 is 12.0 Å². The van der Waals surface area contributed by atoms with Gasteiger partial charge in [0.15, 0.2) is 0 Å². The second-order valence-corrected chi connectivity index (χ2v) is 4.81. The third kappa shape index (κ3) is 5.86. The quantitative estimate of drug-likeness (QED) is 0.669. The molecule has 0 aliphatic carbocycles. The summed E-state index contributed by atoms with van der Waals surface area (Å²) in [6.45, 7) is 5.79. The normalized spacial score (nSPS) is 17.9. The van der Waals surface area contributed by atoms with E-state index in [1.165, 1.54) is 0 Å². The van der Waals surface area contributed by atoms with Gasteiger partial charge in [-0.15, -0.1) is 0 Å². The molecule has 1 unspecified atom stereocenters. The number of carboxylic acid groups (broad SMARTS) is 1. The minimum atomic E-state index is -0.785. The topological polar surface area (TPSA) is 81.7 Å². The van der Waals surface area contributed by atoms with Gasteiger partial charge in [0.1, 0.15) is 0 Å². The van der Waals surface area contributed by atoms with E-state index in [0.29, 0.717) is 13.0 Å². The van der Waals surface area contributed by atoms with Gasteiger partial charge in [-0.05, 0) is 25.3 Å². The fourth-order valence-corrected chi connectivity index (χ4v) is 1.89. The van der Waals surface area contributed by atoms with Crippen molar-refractivity contribution in [3.63, 3.8) is 0 Å². The number of urea groups is 1. The van der Waals surface area contributed by atoms with Crippen LogP contribution in [0.1, 0.15) is 26.2 Å². The smallest absolute Gasteiger partial charge is 0.317 e. The molecular weight excluding hydrogens is 234 g/mol. The van der Waals surface area contributed by atoms with Gasteiger partial charge in [-0.1, -0.05) is 6.92 Å². The molecule has 0 aromatic rings. The number of amides is 2. The van der Waals surface area contributed by atoms with Gasteiger partial charge in [-0.2, -0.15) is 0 Å². The maximum Gasteiger partial charge on any atom is 0.317 e. The standard InChI is InChI=1S/C12H23N3O3/c1-10(3-4-11(16)17)9-14-12(18)15-7-2-5-13-6-8-15/h10,13H,2-9H2,1H3,(H,14,18)(H,16,17). The predicted octanol–water partition coefficient (Wildman–Crippen LogP) is 0.492. The molecule has 1 saturated heterocycles. The average Bonchev–Trinajstić information content (AvgIpc) is 2.62.